The van der Waals surface area contributed by atoms with E-state index in [0.29, 0.717) is 12.3 Å². The molecule has 0 atom stereocenters. The fourth-order valence-corrected chi connectivity index (χ4v) is 3.77. The second-order valence-electron chi connectivity index (χ2n) is 7.58. The SMILES string of the molecule is Cc1cc(Oc2ccc(C(F)(F)F)cc2)cc(-c2cn(CCO)c3ccc(=O)n(C)c23)c1. The van der Waals surface area contributed by atoms with Crippen LogP contribution in [-0.4, -0.2) is 20.8 Å². The van der Waals surface area contributed by atoms with Gasteiger partial charge in [0.15, 0.2) is 0 Å². The molecule has 2 aromatic carbocycles. The number of fused-ring (bicyclic) bond motifs is 1. The monoisotopic (exact) mass is 442 g/mol. The number of rotatable bonds is 5. The maximum Gasteiger partial charge on any atom is 0.416 e. The predicted molar refractivity (Wildman–Crippen MR) is 116 cm³/mol. The van der Waals surface area contributed by atoms with E-state index in [1.807, 2.05) is 23.8 Å². The lowest BCUT2D eigenvalue weighted by Crippen LogP contribution is -2.15. The van der Waals surface area contributed by atoms with Crippen molar-refractivity contribution < 1.29 is 23.0 Å². The fourth-order valence-electron chi connectivity index (χ4n) is 3.77. The molecule has 2 heterocycles. The van der Waals surface area contributed by atoms with E-state index in [-0.39, 0.29) is 17.9 Å². The largest absolute Gasteiger partial charge is 0.457 e. The third kappa shape index (κ3) is 4.13. The minimum atomic E-state index is -4.41. The Bertz CT molecular complexity index is 1340. The highest BCUT2D eigenvalue weighted by Gasteiger charge is 2.30. The summed E-state index contributed by atoms with van der Waals surface area (Å²) in [6.45, 7) is 2.20. The lowest BCUT2D eigenvalue weighted by atomic mass is 10.0. The molecule has 0 spiro atoms. The third-order valence-corrected chi connectivity index (χ3v) is 5.26. The molecular formula is C24H21F3N2O3. The lowest BCUT2D eigenvalue weighted by molar-refractivity contribution is -0.137. The summed E-state index contributed by atoms with van der Waals surface area (Å²) in [4.78, 5) is 12.3. The van der Waals surface area contributed by atoms with Crippen LogP contribution in [0.15, 0.2) is 65.6 Å². The Labute approximate surface area is 181 Å². The molecule has 0 saturated carbocycles. The maximum atomic E-state index is 12.8. The standard InChI is InChI=1S/C24H21F3N2O3/c1-15-11-16(13-19(12-15)32-18-5-3-17(4-6-18)24(25,26)27)20-14-29(9-10-30)21-7-8-22(31)28(2)23(20)21/h3-8,11-14,30H,9-10H2,1-2H3. The summed E-state index contributed by atoms with van der Waals surface area (Å²) in [6, 6.07) is 13.2. The van der Waals surface area contributed by atoms with Gasteiger partial charge in [0.05, 0.1) is 23.2 Å². The number of ether oxygens (including phenoxy) is 1. The number of benzene rings is 2. The Balaban J connectivity index is 1.77. The van der Waals surface area contributed by atoms with E-state index in [0.717, 1.165) is 39.9 Å². The Hall–Kier alpha value is -3.52. The molecule has 0 bridgehead atoms. The Morgan fingerprint density at radius 3 is 2.38 bits per heavy atom. The van der Waals surface area contributed by atoms with Gasteiger partial charge < -0.3 is 19.0 Å². The van der Waals surface area contributed by atoms with Gasteiger partial charge in [-0.25, -0.2) is 0 Å². The summed E-state index contributed by atoms with van der Waals surface area (Å²) in [5, 5.41) is 9.43. The molecule has 1 N–H and O–H groups in total. The first-order valence-electron chi connectivity index (χ1n) is 9.94. The van der Waals surface area contributed by atoms with Crippen LogP contribution in [0.3, 0.4) is 0 Å². The second kappa shape index (κ2) is 8.20. The first kappa shape index (κ1) is 21.7. The van der Waals surface area contributed by atoms with Crippen molar-refractivity contribution in [1.29, 1.82) is 0 Å². The van der Waals surface area contributed by atoms with Crippen molar-refractivity contribution in [3.63, 3.8) is 0 Å². The molecule has 2 aromatic heterocycles. The molecule has 0 amide bonds. The van der Waals surface area contributed by atoms with E-state index in [9.17, 15) is 23.1 Å². The van der Waals surface area contributed by atoms with Crippen LogP contribution >= 0.6 is 0 Å². The highest BCUT2D eigenvalue weighted by molar-refractivity contribution is 5.93. The number of aliphatic hydroxyl groups is 1. The van der Waals surface area contributed by atoms with E-state index in [1.165, 1.54) is 18.2 Å². The van der Waals surface area contributed by atoms with Crippen molar-refractivity contribution in [2.45, 2.75) is 19.6 Å². The summed E-state index contributed by atoms with van der Waals surface area (Å²) in [6.07, 6.45) is -2.54. The summed E-state index contributed by atoms with van der Waals surface area (Å²) < 4.78 is 47.7. The van der Waals surface area contributed by atoms with Crippen LogP contribution in [0.25, 0.3) is 22.2 Å². The number of halogens is 3. The third-order valence-electron chi connectivity index (χ3n) is 5.26. The van der Waals surface area contributed by atoms with Crippen molar-refractivity contribution in [2.24, 2.45) is 7.05 Å². The number of hydrogen-bond acceptors (Lipinski definition) is 3. The molecule has 0 unspecified atom stereocenters. The molecule has 4 rings (SSSR count). The van der Waals surface area contributed by atoms with Gasteiger partial charge in [0.25, 0.3) is 5.56 Å². The van der Waals surface area contributed by atoms with Crippen LogP contribution in [0.4, 0.5) is 13.2 Å². The molecule has 8 heteroatoms. The van der Waals surface area contributed by atoms with Gasteiger partial charge in [-0.05, 0) is 60.5 Å². The van der Waals surface area contributed by atoms with Crippen LogP contribution in [0.2, 0.25) is 0 Å². The van der Waals surface area contributed by atoms with Gasteiger partial charge in [0.1, 0.15) is 11.5 Å². The predicted octanol–water partition coefficient (Wildman–Crippen LogP) is 5.12. The van der Waals surface area contributed by atoms with Gasteiger partial charge >= 0.3 is 6.18 Å². The molecule has 5 nitrogen and oxygen atoms in total. The van der Waals surface area contributed by atoms with E-state index in [2.05, 4.69) is 0 Å². The molecule has 0 aliphatic rings. The van der Waals surface area contributed by atoms with Crippen molar-refractivity contribution in [3.8, 4) is 22.6 Å². The van der Waals surface area contributed by atoms with Crippen LogP contribution in [0.1, 0.15) is 11.1 Å². The summed E-state index contributed by atoms with van der Waals surface area (Å²) in [5.74, 6) is 0.744. The van der Waals surface area contributed by atoms with Gasteiger partial charge in [0.2, 0.25) is 0 Å². The zero-order valence-corrected chi connectivity index (χ0v) is 17.5. The number of aliphatic hydroxyl groups excluding tert-OH is 1. The summed E-state index contributed by atoms with van der Waals surface area (Å²) in [7, 11) is 1.69. The van der Waals surface area contributed by atoms with E-state index in [1.54, 1.807) is 29.8 Å². The first-order valence-corrected chi connectivity index (χ1v) is 9.94. The second-order valence-corrected chi connectivity index (χ2v) is 7.58. The summed E-state index contributed by atoms with van der Waals surface area (Å²) in [5.41, 5.74) is 3.08. The Morgan fingerprint density at radius 1 is 1.00 bits per heavy atom. The average Bonchev–Trinajstić information content (AvgIpc) is 3.09. The number of aryl methyl sites for hydroxylation is 2. The van der Waals surface area contributed by atoms with Gasteiger partial charge in [0, 0.05) is 31.4 Å². The molecule has 0 aliphatic carbocycles. The van der Waals surface area contributed by atoms with Gasteiger partial charge in [-0.2, -0.15) is 13.2 Å². The molecular weight excluding hydrogens is 421 g/mol. The van der Waals surface area contributed by atoms with Gasteiger partial charge in [-0.3, -0.25) is 4.79 Å². The van der Waals surface area contributed by atoms with Crippen molar-refractivity contribution >= 4 is 11.0 Å². The van der Waals surface area contributed by atoms with Crippen molar-refractivity contribution in [3.05, 3.63) is 82.3 Å². The van der Waals surface area contributed by atoms with Crippen LogP contribution in [0, 0.1) is 6.92 Å². The smallest absolute Gasteiger partial charge is 0.416 e. The zero-order chi connectivity index (χ0) is 23.0. The number of alkyl halides is 3. The van der Waals surface area contributed by atoms with E-state index >= 15 is 0 Å². The molecule has 0 saturated heterocycles. The van der Waals surface area contributed by atoms with Crippen LogP contribution < -0.4 is 10.3 Å². The van der Waals surface area contributed by atoms with E-state index < -0.39 is 11.7 Å². The average molecular weight is 442 g/mol. The van der Waals surface area contributed by atoms with E-state index in [4.69, 9.17) is 4.74 Å². The van der Waals surface area contributed by atoms with Gasteiger partial charge in [-0.15, -0.1) is 0 Å². The molecule has 0 fully saturated rings. The minimum Gasteiger partial charge on any atom is -0.457 e. The molecule has 32 heavy (non-hydrogen) atoms. The number of hydrogen-bond donors (Lipinski definition) is 1. The quantitative estimate of drug-likeness (QED) is 0.467. The normalized spacial score (nSPS) is 11.8. The molecule has 166 valence electrons. The number of nitrogens with zero attached hydrogens (tertiary/aromatic N) is 2. The number of aromatic nitrogens is 2. The first-order chi connectivity index (χ1) is 15.2. The highest BCUT2D eigenvalue weighted by Crippen LogP contribution is 2.35. The molecule has 0 aliphatic heterocycles. The maximum absolute atomic E-state index is 12.8. The van der Waals surface area contributed by atoms with Crippen molar-refractivity contribution in [2.75, 3.05) is 6.61 Å². The topological polar surface area (TPSA) is 56.4 Å². The molecule has 0 radical (unpaired) electrons. The zero-order valence-electron chi connectivity index (χ0n) is 17.5. The van der Waals surface area contributed by atoms with Crippen LogP contribution in [-0.2, 0) is 19.8 Å². The minimum absolute atomic E-state index is 0.0534. The fraction of sp³-hybridized carbons (Fsp3) is 0.208. The van der Waals surface area contributed by atoms with Crippen molar-refractivity contribution in [1.82, 2.24) is 9.13 Å². The van der Waals surface area contributed by atoms with Gasteiger partial charge in [-0.1, -0.05) is 6.07 Å². The Morgan fingerprint density at radius 2 is 1.72 bits per heavy atom. The van der Waals surface area contributed by atoms with Crippen LogP contribution in [0.5, 0.6) is 11.5 Å². The molecule has 4 aromatic rings. The lowest BCUT2D eigenvalue weighted by Gasteiger charge is -2.11. The highest BCUT2D eigenvalue weighted by atomic mass is 19.4. The Kier molecular flexibility index (Phi) is 5.56. The number of pyridine rings is 1. The summed E-state index contributed by atoms with van der Waals surface area (Å²) >= 11 is 0.